The van der Waals surface area contributed by atoms with E-state index in [0.717, 1.165) is 9.09 Å². The van der Waals surface area contributed by atoms with Gasteiger partial charge < -0.3 is 10.7 Å². The number of nitrogens with two attached hydrogens (primary N) is 1. The summed E-state index contributed by atoms with van der Waals surface area (Å²) in [6.45, 7) is 0. The molecule has 0 bridgehead atoms. The van der Waals surface area contributed by atoms with Crippen molar-refractivity contribution in [2.45, 2.75) is 0 Å². The standard InChI is InChI=1S/C14H10IN3O/c15-7-4-5-11-10(6-7)13(19)8-2-1-3-9(14(16)17)12(8)18-11/h1-6H,(H3,16,17)(H,18,19). The van der Waals surface area contributed by atoms with Crippen molar-refractivity contribution in [3.05, 3.63) is 55.8 Å². The third-order valence-electron chi connectivity index (χ3n) is 3.09. The van der Waals surface area contributed by atoms with E-state index in [0.29, 0.717) is 21.9 Å². The molecule has 0 aliphatic rings. The number of hydrogen-bond acceptors (Lipinski definition) is 2. The molecule has 0 fully saturated rings. The van der Waals surface area contributed by atoms with E-state index in [9.17, 15) is 4.79 Å². The number of rotatable bonds is 1. The van der Waals surface area contributed by atoms with Crippen LogP contribution in [0.5, 0.6) is 0 Å². The lowest BCUT2D eigenvalue weighted by molar-refractivity contribution is 1.41. The van der Waals surface area contributed by atoms with Crippen LogP contribution in [0.4, 0.5) is 0 Å². The summed E-state index contributed by atoms with van der Waals surface area (Å²) in [6.07, 6.45) is 0. The lowest BCUT2D eigenvalue weighted by Crippen LogP contribution is -2.14. The maximum Gasteiger partial charge on any atom is 0.197 e. The minimum absolute atomic E-state index is 0.0367. The minimum atomic E-state index is -0.0499. The van der Waals surface area contributed by atoms with Crippen molar-refractivity contribution in [2.24, 2.45) is 5.73 Å². The molecule has 1 aromatic heterocycles. The predicted molar refractivity (Wildman–Crippen MR) is 85.8 cm³/mol. The van der Waals surface area contributed by atoms with E-state index < -0.39 is 0 Å². The van der Waals surface area contributed by atoms with Crippen LogP contribution in [0, 0.1) is 8.98 Å². The topological polar surface area (TPSA) is 82.7 Å². The summed E-state index contributed by atoms with van der Waals surface area (Å²) < 4.78 is 1.01. The molecule has 3 rings (SSSR count). The fourth-order valence-corrected chi connectivity index (χ4v) is 2.68. The Morgan fingerprint density at radius 3 is 2.74 bits per heavy atom. The van der Waals surface area contributed by atoms with Crippen LogP contribution in [0.25, 0.3) is 21.8 Å². The van der Waals surface area contributed by atoms with Crippen LogP contribution in [0.15, 0.2) is 41.2 Å². The summed E-state index contributed by atoms with van der Waals surface area (Å²) >= 11 is 2.18. The van der Waals surface area contributed by atoms with Gasteiger partial charge >= 0.3 is 0 Å². The number of halogens is 1. The van der Waals surface area contributed by atoms with Crippen LogP contribution in [0.3, 0.4) is 0 Å². The summed E-state index contributed by atoms with van der Waals surface area (Å²) in [5, 5.41) is 8.80. The molecule has 4 N–H and O–H groups in total. The Kier molecular flexibility index (Phi) is 2.78. The Labute approximate surface area is 122 Å². The summed E-state index contributed by atoms with van der Waals surface area (Å²) in [5.41, 5.74) is 7.45. The van der Waals surface area contributed by atoms with Crippen molar-refractivity contribution in [1.29, 1.82) is 5.41 Å². The van der Waals surface area contributed by atoms with Crippen LogP contribution in [0.1, 0.15) is 5.56 Å². The number of nitrogen functional groups attached to an aromatic ring is 1. The zero-order chi connectivity index (χ0) is 13.6. The molecule has 3 aromatic rings. The van der Waals surface area contributed by atoms with Gasteiger partial charge in [0.2, 0.25) is 0 Å². The molecule has 0 saturated heterocycles. The lowest BCUT2D eigenvalue weighted by atomic mass is 10.1. The zero-order valence-electron chi connectivity index (χ0n) is 9.83. The molecular weight excluding hydrogens is 353 g/mol. The molecule has 0 radical (unpaired) electrons. The quantitative estimate of drug-likeness (QED) is 0.269. The average molecular weight is 363 g/mol. The smallest absolute Gasteiger partial charge is 0.197 e. The van der Waals surface area contributed by atoms with Gasteiger partial charge in [-0.25, -0.2) is 0 Å². The zero-order valence-corrected chi connectivity index (χ0v) is 12.0. The first-order valence-electron chi connectivity index (χ1n) is 5.66. The van der Waals surface area contributed by atoms with E-state index in [1.54, 1.807) is 18.2 Å². The fraction of sp³-hybridized carbons (Fsp3) is 0. The molecule has 0 aliphatic carbocycles. The van der Waals surface area contributed by atoms with Crippen LogP contribution < -0.4 is 11.2 Å². The number of hydrogen-bond donors (Lipinski definition) is 3. The highest BCUT2D eigenvalue weighted by Crippen LogP contribution is 2.19. The Morgan fingerprint density at radius 1 is 1.21 bits per heavy atom. The minimum Gasteiger partial charge on any atom is -0.384 e. The number of aromatic nitrogens is 1. The van der Waals surface area contributed by atoms with Crippen LogP contribution in [-0.4, -0.2) is 10.8 Å². The second-order valence-electron chi connectivity index (χ2n) is 4.29. The Bertz CT molecular complexity index is 883. The van der Waals surface area contributed by atoms with Crippen LogP contribution in [-0.2, 0) is 0 Å². The fourth-order valence-electron chi connectivity index (χ4n) is 2.19. The number of para-hydroxylation sites is 1. The number of fused-ring (bicyclic) bond motifs is 2. The van der Waals surface area contributed by atoms with E-state index in [4.69, 9.17) is 11.1 Å². The number of H-pyrrole nitrogens is 1. The molecule has 0 amide bonds. The maximum atomic E-state index is 12.5. The molecule has 19 heavy (non-hydrogen) atoms. The molecule has 0 atom stereocenters. The van der Waals surface area contributed by atoms with E-state index in [1.807, 2.05) is 18.2 Å². The van der Waals surface area contributed by atoms with Crippen molar-refractivity contribution in [2.75, 3.05) is 0 Å². The first kappa shape index (κ1) is 12.2. The van der Waals surface area contributed by atoms with E-state index in [2.05, 4.69) is 27.6 Å². The van der Waals surface area contributed by atoms with Gasteiger partial charge in [-0.2, -0.15) is 0 Å². The Hall–Kier alpha value is -1.89. The molecule has 1 heterocycles. The second-order valence-corrected chi connectivity index (χ2v) is 5.53. The molecule has 4 nitrogen and oxygen atoms in total. The summed E-state index contributed by atoms with van der Waals surface area (Å²) in [7, 11) is 0. The van der Waals surface area contributed by atoms with Gasteiger partial charge in [0.05, 0.1) is 5.52 Å². The maximum absolute atomic E-state index is 12.5. The van der Waals surface area contributed by atoms with E-state index >= 15 is 0 Å². The van der Waals surface area contributed by atoms with Crippen molar-refractivity contribution in [3.8, 4) is 0 Å². The second kappa shape index (κ2) is 4.34. The number of amidine groups is 1. The molecule has 94 valence electrons. The number of aromatic amines is 1. The van der Waals surface area contributed by atoms with Gasteiger partial charge in [0.1, 0.15) is 5.84 Å². The van der Waals surface area contributed by atoms with Crippen molar-refractivity contribution in [1.82, 2.24) is 4.98 Å². The molecule has 0 unspecified atom stereocenters. The summed E-state index contributed by atoms with van der Waals surface area (Å²) in [4.78, 5) is 15.7. The lowest BCUT2D eigenvalue weighted by Gasteiger charge is -2.07. The van der Waals surface area contributed by atoms with Crippen LogP contribution >= 0.6 is 22.6 Å². The van der Waals surface area contributed by atoms with Gasteiger partial charge in [-0.1, -0.05) is 6.07 Å². The number of benzene rings is 2. The highest BCUT2D eigenvalue weighted by atomic mass is 127. The Balaban J connectivity index is 2.57. The third kappa shape index (κ3) is 1.90. The number of pyridine rings is 1. The molecular formula is C14H10IN3O. The normalized spacial score (nSPS) is 11.0. The van der Waals surface area contributed by atoms with E-state index in [-0.39, 0.29) is 11.3 Å². The van der Waals surface area contributed by atoms with Gasteiger partial charge in [0, 0.05) is 25.4 Å². The predicted octanol–water partition coefficient (Wildman–Crippen LogP) is 2.57. The Morgan fingerprint density at radius 2 is 2.00 bits per heavy atom. The molecule has 5 heteroatoms. The largest absolute Gasteiger partial charge is 0.384 e. The first-order chi connectivity index (χ1) is 9.08. The highest BCUT2D eigenvalue weighted by molar-refractivity contribution is 14.1. The van der Waals surface area contributed by atoms with E-state index in [1.165, 1.54) is 0 Å². The van der Waals surface area contributed by atoms with Gasteiger partial charge in [-0.05, 0) is 52.9 Å². The highest BCUT2D eigenvalue weighted by Gasteiger charge is 2.10. The van der Waals surface area contributed by atoms with Gasteiger partial charge in [-0.15, -0.1) is 0 Å². The molecule has 0 saturated carbocycles. The van der Waals surface area contributed by atoms with Crippen molar-refractivity contribution < 1.29 is 0 Å². The molecule has 2 aromatic carbocycles. The van der Waals surface area contributed by atoms with Crippen LogP contribution in [0.2, 0.25) is 0 Å². The SMILES string of the molecule is N=C(N)c1cccc2c(=O)c3cc(I)ccc3[nH]c12. The van der Waals surface area contributed by atoms with Crippen molar-refractivity contribution in [3.63, 3.8) is 0 Å². The summed E-state index contributed by atoms with van der Waals surface area (Å²) in [6, 6.07) is 10.9. The molecule has 0 aliphatic heterocycles. The third-order valence-corrected chi connectivity index (χ3v) is 3.76. The first-order valence-corrected chi connectivity index (χ1v) is 6.74. The molecule has 0 spiro atoms. The number of nitrogens with one attached hydrogen (secondary N) is 2. The van der Waals surface area contributed by atoms with Gasteiger partial charge in [-0.3, -0.25) is 10.2 Å². The monoisotopic (exact) mass is 363 g/mol. The summed E-state index contributed by atoms with van der Waals surface area (Å²) in [5.74, 6) is -0.0499. The van der Waals surface area contributed by atoms with Gasteiger partial charge in [0.15, 0.2) is 5.43 Å². The van der Waals surface area contributed by atoms with Crippen molar-refractivity contribution >= 4 is 50.2 Å². The van der Waals surface area contributed by atoms with Gasteiger partial charge in [0.25, 0.3) is 0 Å². The average Bonchev–Trinajstić information content (AvgIpc) is 2.39.